The molecule has 2 aliphatic rings. The van der Waals surface area contributed by atoms with Gasteiger partial charge >= 0.3 is 0 Å². The van der Waals surface area contributed by atoms with Gasteiger partial charge in [-0.15, -0.1) is 0 Å². The number of hydrogen-bond donors (Lipinski definition) is 3. The Morgan fingerprint density at radius 3 is 2.80 bits per heavy atom. The summed E-state index contributed by atoms with van der Waals surface area (Å²) >= 11 is 0. The molecule has 0 radical (unpaired) electrons. The normalized spacial score (nSPS) is 17.6. The van der Waals surface area contributed by atoms with E-state index in [1.54, 1.807) is 0 Å². The van der Waals surface area contributed by atoms with Gasteiger partial charge in [-0.3, -0.25) is 0 Å². The zero-order valence-corrected chi connectivity index (χ0v) is 21.7. The number of aliphatic imine (C=N–C) groups is 1. The number of hydrogen-bond acceptors (Lipinski definition) is 6. The van der Waals surface area contributed by atoms with E-state index in [9.17, 15) is 5.11 Å². The lowest BCUT2D eigenvalue weighted by molar-refractivity contribution is 0.201. The van der Waals surface area contributed by atoms with Crippen LogP contribution in [0.5, 0.6) is 0 Å². The average molecular weight is 478 g/mol. The van der Waals surface area contributed by atoms with E-state index >= 15 is 0 Å². The van der Waals surface area contributed by atoms with Gasteiger partial charge in [-0.05, 0) is 82.4 Å². The van der Waals surface area contributed by atoms with Crippen molar-refractivity contribution in [3.63, 3.8) is 0 Å². The van der Waals surface area contributed by atoms with Gasteiger partial charge in [-0.2, -0.15) is 0 Å². The topological polar surface area (TPSA) is 82.0 Å². The number of nitrogens with zero attached hydrogens (tertiary/aromatic N) is 3. The third kappa shape index (κ3) is 7.09. The summed E-state index contributed by atoms with van der Waals surface area (Å²) in [4.78, 5) is 11.5. The second kappa shape index (κ2) is 11.9. The molecule has 1 aromatic heterocycles. The summed E-state index contributed by atoms with van der Waals surface area (Å²) in [5.41, 5.74) is 3.91. The van der Waals surface area contributed by atoms with Crippen LogP contribution in [0.25, 0.3) is 11.8 Å². The van der Waals surface area contributed by atoms with Crippen molar-refractivity contribution in [2.75, 3.05) is 30.4 Å². The quantitative estimate of drug-likeness (QED) is 0.319. The summed E-state index contributed by atoms with van der Waals surface area (Å²) in [7, 11) is 0. The lowest BCUT2D eigenvalue weighted by Gasteiger charge is -2.32. The number of rotatable bonds is 8. The number of anilines is 2. The zero-order chi connectivity index (χ0) is 25.4. The fourth-order valence-corrected chi connectivity index (χ4v) is 4.03. The first kappa shape index (κ1) is 26.3. The van der Waals surface area contributed by atoms with Gasteiger partial charge in [0.1, 0.15) is 23.2 Å². The second-order valence-corrected chi connectivity index (χ2v) is 9.63. The van der Waals surface area contributed by atoms with Crippen molar-refractivity contribution in [3.8, 4) is 0 Å². The van der Waals surface area contributed by atoms with Crippen LogP contribution in [0.3, 0.4) is 0 Å². The maximum Gasteiger partial charge on any atom is 0.138 e. The van der Waals surface area contributed by atoms with Crippen molar-refractivity contribution in [2.45, 2.75) is 59.4 Å². The number of aromatic nitrogens is 1. The van der Waals surface area contributed by atoms with E-state index in [0.717, 1.165) is 59.8 Å². The van der Waals surface area contributed by atoms with Gasteiger partial charge in [0.15, 0.2) is 0 Å². The third-order valence-corrected chi connectivity index (χ3v) is 5.45. The number of pyridine rings is 1. The SMILES string of the molecule is C=CN=C(/C=C(\C)C1=CCCCO1)Nc1cc2c(c(NC(C)(C)C)n1)/C(=C/CC)N(CCO)C=C2. The molecule has 0 amide bonds. The molecule has 0 aliphatic carbocycles. The summed E-state index contributed by atoms with van der Waals surface area (Å²) in [6.07, 6.45) is 14.8. The summed E-state index contributed by atoms with van der Waals surface area (Å²) in [5.74, 6) is 2.98. The standard InChI is InChI=1S/C28H39N5O2/c1-7-11-22-26-21(13-14-33(22)15-16-34)19-25(31-27(26)32-28(4,5)6)30-24(29-8-2)18-20(3)23-12-9-10-17-35-23/h8,11-14,18-19,34H,2,7,9-10,15-17H2,1,3-6H3,(H2,29,30,31,32)/b20-18+,22-11-. The van der Waals surface area contributed by atoms with Crippen LogP contribution in [0.1, 0.15) is 65.0 Å². The minimum absolute atomic E-state index is 0.0725. The molecular formula is C28H39N5O2. The number of fused-ring (bicyclic) bond motifs is 1. The molecule has 1 aromatic rings. The van der Waals surface area contributed by atoms with Crippen LogP contribution in [0, 0.1) is 0 Å². The van der Waals surface area contributed by atoms with E-state index in [1.165, 1.54) is 6.20 Å². The van der Waals surface area contributed by atoms with Gasteiger partial charge in [0.2, 0.25) is 0 Å². The third-order valence-electron chi connectivity index (χ3n) is 5.45. The van der Waals surface area contributed by atoms with Gasteiger partial charge in [0.05, 0.1) is 13.2 Å². The highest BCUT2D eigenvalue weighted by Gasteiger charge is 2.24. The molecule has 3 N–H and O–H groups in total. The fourth-order valence-electron chi connectivity index (χ4n) is 4.03. The van der Waals surface area contributed by atoms with E-state index in [4.69, 9.17) is 9.72 Å². The molecule has 7 nitrogen and oxygen atoms in total. The highest BCUT2D eigenvalue weighted by atomic mass is 16.5. The van der Waals surface area contributed by atoms with Crippen LogP contribution >= 0.6 is 0 Å². The molecule has 3 rings (SSSR count). The van der Waals surface area contributed by atoms with Crippen LogP contribution in [-0.4, -0.2) is 46.1 Å². The second-order valence-electron chi connectivity index (χ2n) is 9.63. The van der Waals surface area contributed by atoms with Crippen molar-refractivity contribution in [1.29, 1.82) is 0 Å². The monoisotopic (exact) mass is 477 g/mol. The smallest absolute Gasteiger partial charge is 0.138 e. The van der Waals surface area contributed by atoms with Gasteiger partial charge in [0.25, 0.3) is 0 Å². The molecule has 0 bridgehead atoms. The Balaban J connectivity index is 2.04. The van der Waals surface area contributed by atoms with E-state index in [-0.39, 0.29) is 12.1 Å². The lowest BCUT2D eigenvalue weighted by Crippen LogP contribution is -2.30. The van der Waals surface area contributed by atoms with Crippen molar-refractivity contribution in [1.82, 2.24) is 9.88 Å². The maximum absolute atomic E-state index is 9.58. The Bertz CT molecular complexity index is 1070. The van der Waals surface area contributed by atoms with Crippen molar-refractivity contribution in [3.05, 3.63) is 65.7 Å². The molecule has 7 heteroatoms. The van der Waals surface area contributed by atoms with Crippen LogP contribution in [0.15, 0.2) is 59.6 Å². The summed E-state index contributed by atoms with van der Waals surface area (Å²) in [5, 5.41) is 16.5. The largest absolute Gasteiger partial charge is 0.494 e. The number of allylic oxidation sites excluding steroid dienone is 3. The zero-order valence-electron chi connectivity index (χ0n) is 21.7. The number of β-amino-alcohol motifs (C(OH)–C–C–N with tert-alkyl or cyclic N) is 1. The number of ether oxygens (including phenoxy) is 1. The molecule has 0 atom stereocenters. The van der Waals surface area contributed by atoms with Crippen LogP contribution in [-0.2, 0) is 4.74 Å². The molecule has 0 fully saturated rings. The maximum atomic E-state index is 9.58. The average Bonchev–Trinajstić information content (AvgIpc) is 2.80. The number of aliphatic hydroxyl groups excluding tert-OH is 1. The van der Waals surface area contributed by atoms with Gasteiger partial charge in [-0.1, -0.05) is 19.6 Å². The van der Waals surface area contributed by atoms with Gasteiger partial charge < -0.3 is 25.4 Å². The Labute approximate surface area is 209 Å². The van der Waals surface area contributed by atoms with Crippen LogP contribution in [0.4, 0.5) is 11.6 Å². The molecule has 0 saturated carbocycles. The number of nitrogens with one attached hydrogen (secondary N) is 2. The van der Waals surface area contributed by atoms with Gasteiger partial charge in [-0.25, -0.2) is 9.98 Å². The van der Waals surface area contributed by atoms with E-state index in [1.807, 2.05) is 25.3 Å². The molecule has 3 heterocycles. The molecule has 188 valence electrons. The van der Waals surface area contributed by atoms with Crippen molar-refractivity contribution in [2.24, 2.45) is 4.99 Å². The highest BCUT2D eigenvalue weighted by Crippen LogP contribution is 2.37. The van der Waals surface area contributed by atoms with Gasteiger partial charge in [0, 0.05) is 35.7 Å². The molecular weight excluding hydrogens is 438 g/mol. The first-order chi connectivity index (χ1) is 16.8. The molecule has 0 unspecified atom stereocenters. The lowest BCUT2D eigenvalue weighted by atomic mass is 9.98. The first-order valence-corrected chi connectivity index (χ1v) is 12.3. The molecule has 0 saturated heterocycles. The predicted octanol–water partition coefficient (Wildman–Crippen LogP) is 5.92. The minimum Gasteiger partial charge on any atom is -0.494 e. The van der Waals surface area contributed by atoms with Crippen molar-refractivity contribution < 1.29 is 9.84 Å². The van der Waals surface area contributed by atoms with Crippen LogP contribution < -0.4 is 10.6 Å². The fraction of sp³-hybridized carbons (Fsp3) is 0.429. The molecule has 0 spiro atoms. The molecule has 35 heavy (non-hydrogen) atoms. The Morgan fingerprint density at radius 1 is 1.37 bits per heavy atom. The van der Waals surface area contributed by atoms with E-state index < -0.39 is 0 Å². The minimum atomic E-state index is -0.195. The number of aliphatic hydroxyl groups is 1. The summed E-state index contributed by atoms with van der Waals surface area (Å²) in [6, 6.07) is 2.03. The van der Waals surface area contributed by atoms with Crippen molar-refractivity contribution >= 4 is 29.2 Å². The first-order valence-electron chi connectivity index (χ1n) is 12.3. The number of amidine groups is 1. The highest BCUT2D eigenvalue weighted by molar-refractivity contribution is 6.04. The summed E-state index contributed by atoms with van der Waals surface area (Å²) < 4.78 is 5.80. The predicted molar refractivity (Wildman–Crippen MR) is 147 cm³/mol. The Hall–Kier alpha value is -3.32. The molecule has 0 aromatic carbocycles. The Kier molecular flexibility index (Phi) is 8.93. The van der Waals surface area contributed by atoms with Crippen LogP contribution in [0.2, 0.25) is 0 Å². The Morgan fingerprint density at radius 2 is 2.17 bits per heavy atom. The molecule has 2 aliphatic heterocycles. The van der Waals surface area contributed by atoms with E-state index in [2.05, 4.69) is 73.0 Å². The summed E-state index contributed by atoms with van der Waals surface area (Å²) in [6.45, 7) is 15.6. The van der Waals surface area contributed by atoms with E-state index in [0.29, 0.717) is 18.2 Å².